The predicted molar refractivity (Wildman–Crippen MR) is 182 cm³/mol. The molecule has 4 atom stereocenters. The number of fused-ring (bicyclic) bond motifs is 1. The van der Waals surface area contributed by atoms with Crippen LogP contribution in [0.25, 0.3) is 0 Å². The van der Waals surface area contributed by atoms with Crippen molar-refractivity contribution in [1.29, 1.82) is 0 Å². The molecule has 0 radical (unpaired) electrons. The molecule has 11 nitrogen and oxygen atoms in total. The number of halogens is 1. The van der Waals surface area contributed by atoms with Gasteiger partial charge in [0, 0.05) is 44.0 Å². The average molecular weight is 685 g/mol. The summed E-state index contributed by atoms with van der Waals surface area (Å²) in [6.45, 7) is 6.08. The van der Waals surface area contributed by atoms with Crippen LogP contribution < -0.4 is 14.8 Å². The topological polar surface area (TPSA) is 138 Å². The number of sulfonamides is 1. The third kappa shape index (κ3) is 9.91. The molecule has 3 aromatic rings. The predicted octanol–water partition coefficient (Wildman–Crippen LogP) is 5.59. The second-order valence-corrected chi connectivity index (χ2v) is 13.9. The number of nitrogens with one attached hydrogen (secondary N) is 2. The SMILES string of the molecule is C[C@@H]1CCCCO[C@H](CN(C)C(=O)Nc2ccccc2)[C@@H](C)CN([C@@H](C)CO)C(=O)c2cc(NS(=O)(=O)c3ccc(F)cc3)ccc2O1. The summed E-state index contributed by atoms with van der Waals surface area (Å²) >= 11 is 0. The van der Waals surface area contributed by atoms with E-state index in [-0.39, 0.29) is 59.6 Å². The number of anilines is 2. The molecule has 3 N–H and O–H groups in total. The minimum absolute atomic E-state index is 0.112. The number of benzene rings is 3. The second-order valence-electron chi connectivity index (χ2n) is 12.2. The van der Waals surface area contributed by atoms with Crippen LogP contribution in [0, 0.1) is 11.7 Å². The van der Waals surface area contributed by atoms with Crippen LogP contribution in [0.15, 0.2) is 77.7 Å². The van der Waals surface area contributed by atoms with E-state index in [4.69, 9.17) is 9.47 Å². The number of aliphatic hydroxyl groups is 1. The number of amides is 3. The summed E-state index contributed by atoms with van der Waals surface area (Å²) in [7, 11) is -2.42. The number of carbonyl (C=O) groups is 2. The quantitative estimate of drug-likeness (QED) is 0.282. The van der Waals surface area contributed by atoms with Crippen LogP contribution in [0.3, 0.4) is 0 Å². The number of rotatable bonds is 8. The van der Waals surface area contributed by atoms with Gasteiger partial charge in [-0.2, -0.15) is 0 Å². The van der Waals surface area contributed by atoms with Crippen molar-refractivity contribution in [3.05, 3.63) is 84.2 Å². The molecule has 0 fully saturated rings. The third-order valence-electron chi connectivity index (χ3n) is 8.25. The zero-order chi connectivity index (χ0) is 34.8. The first kappa shape index (κ1) is 36.6. The van der Waals surface area contributed by atoms with Gasteiger partial charge in [-0.05, 0) is 87.7 Å². The van der Waals surface area contributed by atoms with Crippen LogP contribution >= 0.6 is 0 Å². The lowest BCUT2D eigenvalue weighted by molar-refractivity contribution is -0.0115. The average Bonchev–Trinajstić information content (AvgIpc) is 3.06. The van der Waals surface area contributed by atoms with E-state index in [1.54, 1.807) is 37.1 Å². The fourth-order valence-corrected chi connectivity index (χ4v) is 6.42. The van der Waals surface area contributed by atoms with Crippen molar-refractivity contribution in [3.63, 3.8) is 0 Å². The van der Waals surface area contributed by atoms with Gasteiger partial charge < -0.3 is 29.7 Å². The van der Waals surface area contributed by atoms with Crippen LogP contribution in [0.5, 0.6) is 5.75 Å². The number of hydrogen-bond acceptors (Lipinski definition) is 7. The molecule has 0 saturated carbocycles. The lowest BCUT2D eigenvalue weighted by Crippen LogP contribution is -2.48. The zero-order valence-electron chi connectivity index (χ0n) is 27.8. The Morgan fingerprint density at radius 1 is 1.06 bits per heavy atom. The third-order valence-corrected chi connectivity index (χ3v) is 9.65. The number of ether oxygens (including phenoxy) is 2. The molecule has 3 amide bonds. The van der Waals surface area contributed by atoms with E-state index in [0.29, 0.717) is 18.7 Å². The van der Waals surface area contributed by atoms with E-state index in [1.807, 2.05) is 32.0 Å². The Bertz CT molecular complexity index is 1630. The van der Waals surface area contributed by atoms with E-state index in [0.717, 1.165) is 37.1 Å². The maximum Gasteiger partial charge on any atom is 0.321 e. The van der Waals surface area contributed by atoms with Crippen LogP contribution in [0.4, 0.5) is 20.6 Å². The number of urea groups is 1. The summed E-state index contributed by atoms with van der Waals surface area (Å²) in [6.07, 6.45) is 1.50. The molecule has 1 heterocycles. The van der Waals surface area contributed by atoms with Gasteiger partial charge in [-0.15, -0.1) is 0 Å². The molecule has 0 saturated heterocycles. The lowest BCUT2D eigenvalue weighted by Gasteiger charge is -2.35. The second kappa shape index (κ2) is 16.8. The van der Waals surface area contributed by atoms with E-state index in [2.05, 4.69) is 10.0 Å². The molecule has 1 aliphatic rings. The van der Waals surface area contributed by atoms with Crippen LogP contribution in [-0.2, 0) is 14.8 Å². The summed E-state index contributed by atoms with van der Waals surface area (Å²) in [5.74, 6) is -1.04. The number of nitrogens with zero attached hydrogens (tertiary/aromatic N) is 2. The van der Waals surface area contributed by atoms with Gasteiger partial charge in [-0.25, -0.2) is 17.6 Å². The Morgan fingerprint density at radius 2 is 1.77 bits per heavy atom. The Kier molecular flexibility index (Phi) is 12.8. The highest BCUT2D eigenvalue weighted by atomic mass is 32.2. The first-order chi connectivity index (χ1) is 22.9. The summed E-state index contributed by atoms with van der Waals surface area (Å²) in [4.78, 5) is 30.3. The van der Waals surface area contributed by atoms with Gasteiger partial charge >= 0.3 is 6.03 Å². The fraction of sp³-hybridized carbons (Fsp3) is 0.429. The van der Waals surface area contributed by atoms with Crippen molar-refractivity contribution in [2.24, 2.45) is 5.92 Å². The summed E-state index contributed by atoms with van der Waals surface area (Å²) in [5, 5.41) is 13.1. The molecular weight excluding hydrogens is 639 g/mol. The van der Waals surface area contributed by atoms with E-state index >= 15 is 0 Å². The van der Waals surface area contributed by atoms with Crippen molar-refractivity contribution in [3.8, 4) is 5.75 Å². The Balaban J connectivity index is 1.63. The molecule has 3 aromatic carbocycles. The monoisotopic (exact) mass is 684 g/mol. The zero-order valence-corrected chi connectivity index (χ0v) is 28.6. The standard InChI is InChI=1S/C35H45FN4O7S/c1-24-21-40(25(2)23-41)34(42)31-20-29(38-48(44,45)30-16-13-27(36)14-17-30)15-18-32(31)47-26(3)10-8-9-19-46-33(24)22-39(4)35(43)37-28-11-6-5-7-12-28/h5-7,11-18,20,24-26,33,38,41H,8-10,19,21-23H2,1-4H3,(H,37,43)/t24-,25-,26+,33+/m0/s1. The Morgan fingerprint density at radius 3 is 2.46 bits per heavy atom. The molecule has 0 aliphatic carbocycles. The molecule has 1 aliphatic heterocycles. The van der Waals surface area contributed by atoms with Crippen molar-refractivity contribution in [1.82, 2.24) is 9.80 Å². The number of para-hydroxylation sites is 1. The maximum atomic E-state index is 14.3. The van der Waals surface area contributed by atoms with Gasteiger partial charge in [0.2, 0.25) is 0 Å². The molecule has 0 aromatic heterocycles. The van der Waals surface area contributed by atoms with Gasteiger partial charge in [0.25, 0.3) is 15.9 Å². The highest BCUT2D eigenvalue weighted by Gasteiger charge is 2.31. The van der Waals surface area contributed by atoms with E-state index < -0.39 is 33.9 Å². The Labute approximate surface area is 282 Å². The number of likely N-dealkylation sites (N-methyl/N-ethyl adjacent to an activating group) is 1. The normalized spacial score (nSPS) is 20.1. The molecule has 260 valence electrons. The highest BCUT2D eigenvalue weighted by molar-refractivity contribution is 7.92. The van der Waals surface area contributed by atoms with Crippen LogP contribution in [0.2, 0.25) is 0 Å². The van der Waals surface area contributed by atoms with Gasteiger partial charge in [0.15, 0.2) is 0 Å². The van der Waals surface area contributed by atoms with Gasteiger partial charge in [-0.3, -0.25) is 9.52 Å². The van der Waals surface area contributed by atoms with Gasteiger partial charge in [-0.1, -0.05) is 25.1 Å². The summed E-state index contributed by atoms with van der Waals surface area (Å²) in [6, 6.07) is 17.1. The molecule has 13 heteroatoms. The van der Waals surface area contributed by atoms with Crippen LogP contribution in [-0.4, -0.2) is 86.9 Å². The number of aliphatic hydroxyl groups excluding tert-OH is 1. The fourth-order valence-electron chi connectivity index (χ4n) is 5.37. The first-order valence-electron chi connectivity index (χ1n) is 16.1. The molecule has 0 bridgehead atoms. The van der Waals surface area contributed by atoms with E-state index in [9.17, 15) is 27.5 Å². The molecule has 0 spiro atoms. The molecule has 0 unspecified atom stereocenters. The smallest absolute Gasteiger partial charge is 0.321 e. The summed E-state index contributed by atoms with van der Waals surface area (Å²) < 4.78 is 54.6. The highest BCUT2D eigenvalue weighted by Crippen LogP contribution is 2.29. The largest absolute Gasteiger partial charge is 0.490 e. The van der Waals surface area contributed by atoms with Crippen molar-refractivity contribution in [2.45, 2.75) is 63.2 Å². The van der Waals surface area contributed by atoms with Gasteiger partial charge in [0.1, 0.15) is 11.6 Å². The summed E-state index contributed by atoms with van der Waals surface area (Å²) in [5.41, 5.74) is 0.889. The lowest BCUT2D eigenvalue weighted by atomic mass is 10.0. The first-order valence-corrected chi connectivity index (χ1v) is 17.6. The minimum Gasteiger partial charge on any atom is -0.490 e. The molecule has 4 rings (SSSR count). The van der Waals surface area contributed by atoms with Crippen LogP contribution in [0.1, 0.15) is 50.4 Å². The van der Waals surface area contributed by atoms with Crippen molar-refractivity contribution >= 4 is 33.3 Å². The van der Waals surface area contributed by atoms with Crippen molar-refractivity contribution < 1.29 is 37.0 Å². The van der Waals surface area contributed by atoms with Crippen molar-refractivity contribution in [2.75, 3.05) is 43.4 Å². The maximum absolute atomic E-state index is 14.3. The number of carbonyl (C=O) groups excluding carboxylic acids is 2. The minimum atomic E-state index is -4.10. The van der Waals surface area contributed by atoms with E-state index in [1.165, 1.54) is 17.0 Å². The number of hydrogen-bond donors (Lipinski definition) is 3. The molecular formula is C35H45FN4O7S. The van der Waals surface area contributed by atoms with Gasteiger partial charge in [0.05, 0.1) is 35.3 Å². The molecule has 48 heavy (non-hydrogen) atoms. The Hall–Kier alpha value is -4.20.